The Labute approximate surface area is 103 Å². The topological polar surface area (TPSA) is 47.0 Å². The third kappa shape index (κ3) is 3.48. The molecule has 4 heteroatoms. The van der Waals surface area contributed by atoms with E-state index in [9.17, 15) is 0 Å². The van der Waals surface area contributed by atoms with E-state index in [-0.39, 0.29) is 0 Å². The fraction of sp³-hybridized carbons (Fsp3) is 0.692. The number of hydrogen-bond donors (Lipinski definition) is 1. The normalized spacial score (nSPS) is 19.2. The summed E-state index contributed by atoms with van der Waals surface area (Å²) in [5.41, 5.74) is 1.10. The first kappa shape index (κ1) is 12.5. The number of rotatable bonds is 4. The van der Waals surface area contributed by atoms with E-state index in [0.717, 1.165) is 37.1 Å². The summed E-state index contributed by atoms with van der Waals surface area (Å²) in [6, 6.07) is 2.34. The van der Waals surface area contributed by atoms with Gasteiger partial charge in [-0.3, -0.25) is 0 Å². The molecule has 0 aromatic carbocycles. The van der Waals surface area contributed by atoms with Crippen molar-refractivity contribution in [2.45, 2.75) is 32.2 Å². The van der Waals surface area contributed by atoms with Gasteiger partial charge in [-0.15, -0.1) is 0 Å². The van der Waals surface area contributed by atoms with Crippen molar-refractivity contribution in [3.05, 3.63) is 23.8 Å². The van der Waals surface area contributed by atoms with Gasteiger partial charge in [0.2, 0.25) is 0 Å². The van der Waals surface area contributed by atoms with Crippen LogP contribution in [0.5, 0.6) is 0 Å². The number of nitrogens with one attached hydrogen (secondary N) is 1. The largest absolute Gasteiger partial charge is 0.381 e. The summed E-state index contributed by atoms with van der Waals surface area (Å²) in [5.74, 6) is 1.59. The second kappa shape index (κ2) is 6.07. The number of hydrogen-bond acceptors (Lipinski definition) is 4. The van der Waals surface area contributed by atoms with Crippen LogP contribution in [-0.2, 0) is 4.74 Å². The van der Waals surface area contributed by atoms with Gasteiger partial charge in [-0.05, 0) is 45.2 Å². The summed E-state index contributed by atoms with van der Waals surface area (Å²) in [6.07, 6.45) is 5.31. The maximum Gasteiger partial charge on any atom is 0.125 e. The van der Waals surface area contributed by atoms with Gasteiger partial charge in [0.05, 0.1) is 5.69 Å². The highest BCUT2D eigenvalue weighted by atomic mass is 16.5. The molecule has 0 saturated carbocycles. The predicted octanol–water partition coefficient (Wildman–Crippen LogP) is 1.86. The molecule has 1 aromatic rings. The lowest BCUT2D eigenvalue weighted by atomic mass is 9.91. The molecule has 1 atom stereocenters. The minimum Gasteiger partial charge on any atom is -0.381 e. The fourth-order valence-corrected chi connectivity index (χ4v) is 2.37. The average Bonchev–Trinajstić information content (AvgIpc) is 2.37. The van der Waals surface area contributed by atoms with E-state index < -0.39 is 0 Å². The first-order valence-electron chi connectivity index (χ1n) is 6.34. The summed E-state index contributed by atoms with van der Waals surface area (Å²) >= 11 is 0. The summed E-state index contributed by atoms with van der Waals surface area (Å²) in [4.78, 5) is 8.65. The fourth-order valence-electron chi connectivity index (χ4n) is 2.37. The Balaban J connectivity index is 2.00. The van der Waals surface area contributed by atoms with Crippen molar-refractivity contribution in [1.82, 2.24) is 15.3 Å². The van der Waals surface area contributed by atoms with Crippen LogP contribution in [0.25, 0.3) is 0 Å². The molecule has 0 amide bonds. The standard InChI is InChI=1S/C13H21N3O/c1-10-15-6-3-12(16-10)13(14-2)9-11-4-7-17-8-5-11/h3,6,11,13-14H,4-5,7-9H2,1-2H3. The Morgan fingerprint density at radius 1 is 1.47 bits per heavy atom. The molecule has 0 aliphatic carbocycles. The van der Waals surface area contributed by atoms with Crippen LogP contribution in [0.15, 0.2) is 12.3 Å². The number of nitrogens with zero attached hydrogens (tertiary/aromatic N) is 2. The molecule has 1 aliphatic rings. The lowest BCUT2D eigenvalue weighted by Crippen LogP contribution is -2.24. The van der Waals surface area contributed by atoms with Crippen LogP contribution in [0.4, 0.5) is 0 Å². The van der Waals surface area contributed by atoms with Gasteiger partial charge in [-0.25, -0.2) is 9.97 Å². The Kier molecular flexibility index (Phi) is 4.45. The Morgan fingerprint density at radius 2 is 2.24 bits per heavy atom. The van der Waals surface area contributed by atoms with E-state index in [4.69, 9.17) is 4.74 Å². The molecule has 2 rings (SSSR count). The summed E-state index contributed by atoms with van der Waals surface area (Å²) < 4.78 is 5.39. The van der Waals surface area contributed by atoms with E-state index in [1.165, 1.54) is 12.8 Å². The van der Waals surface area contributed by atoms with Gasteiger partial charge in [-0.2, -0.15) is 0 Å². The van der Waals surface area contributed by atoms with Crippen molar-refractivity contribution in [3.8, 4) is 0 Å². The highest BCUT2D eigenvalue weighted by Crippen LogP contribution is 2.26. The monoisotopic (exact) mass is 235 g/mol. The van der Waals surface area contributed by atoms with Crippen LogP contribution in [0.1, 0.15) is 36.8 Å². The quantitative estimate of drug-likeness (QED) is 0.865. The van der Waals surface area contributed by atoms with Gasteiger partial charge >= 0.3 is 0 Å². The zero-order valence-electron chi connectivity index (χ0n) is 10.6. The second-order valence-corrected chi connectivity index (χ2v) is 4.66. The molecule has 1 unspecified atom stereocenters. The zero-order chi connectivity index (χ0) is 12.1. The van der Waals surface area contributed by atoms with E-state index in [2.05, 4.69) is 15.3 Å². The molecular weight excluding hydrogens is 214 g/mol. The molecule has 1 fully saturated rings. The van der Waals surface area contributed by atoms with Crippen LogP contribution >= 0.6 is 0 Å². The van der Waals surface area contributed by atoms with Crippen molar-refractivity contribution in [1.29, 1.82) is 0 Å². The molecule has 0 radical (unpaired) electrons. The lowest BCUT2D eigenvalue weighted by Gasteiger charge is -2.26. The average molecular weight is 235 g/mol. The highest BCUT2D eigenvalue weighted by molar-refractivity contribution is 5.07. The molecule has 17 heavy (non-hydrogen) atoms. The minimum atomic E-state index is 0.333. The van der Waals surface area contributed by atoms with Crippen LogP contribution in [0.3, 0.4) is 0 Å². The number of aromatic nitrogens is 2. The maximum absolute atomic E-state index is 5.39. The Morgan fingerprint density at radius 3 is 2.88 bits per heavy atom. The van der Waals surface area contributed by atoms with Gasteiger partial charge in [0.25, 0.3) is 0 Å². The lowest BCUT2D eigenvalue weighted by molar-refractivity contribution is 0.0606. The van der Waals surface area contributed by atoms with E-state index in [1.54, 1.807) is 0 Å². The first-order chi connectivity index (χ1) is 8.29. The molecular formula is C13H21N3O. The zero-order valence-corrected chi connectivity index (χ0v) is 10.6. The maximum atomic E-state index is 5.39. The molecule has 4 nitrogen and oxygen atoms in total. The summed E-state index contributed by atoms with van der Waals surface area (Å²) in [6.45, 7) is 3.75. The van der Waals surface area contributed by atoms with Gasteiger partial charge < -0.3 is 10.1 Å². The third-order valence-electron chi connectivity index (χ3n) is 3.41. The van der Waals surface area contributed by atoms with Crippen LogP contribution in [-0.4, -0.2) is 30.2 Å². The highest BCUT2D eigenvalue weighted by Gasteiger charge is 2.20. The van der Waals surface area contributed by atoms with E-state index in [1.807, 2.05) is 26.2 Å². The van der Waals surface area contributed by atoms with Gasteiger partial charge in [0.15, 0.2) is 0 Å². The molecule has 1 aliphatic heterocycles. The molecule has 2 heterocycles. The van der Waals surface area contributed by atoms with Crippen molar-refractivity contribution >= 4 is 0 Å². The molecule has 0 spiro atoms. The molecule has 0 bridgehead atoms. The van der Waals surface area contributed by atoms with Gasteiger partial charge in [0.1, 0.15) is 5.82 Å². The molecule has 1 N–H and O–H groups in total. The smallest absolute Gasteiger partial charge is 0.125 e. The van der Waals surface area contributed by atoms with Gasteiger partial charge in [0, 0.05) is 25.5 Å². The molecule has 1 saturated heterocycles. The van der Waals surface area contributed by atoms with Crippen molar-refractivity contribution in [2.75, 3.05) is 20.3 Å². The predicted molar refractivity (Wildman–Crippen MR) is 66.7 cm³/mol. The van der Waals surface area contributed by atoms with Crippen LogP contribution < -0.4 is 5.32 Å². The molecule has 1 aromatic heterocycles. The first-order valence-corrected chi connectivity index (χ1v) is 6.34. The number of aryl methyl sites for hydroxylation is 1. The van der Waals surface area contributed by atoms with Crippen molar-refractivity contribution in [2.24, 2.45) is 5.92 Å². The summed E-state index contributed by atoms with van der Waals surface area (Å²) in [7, 11) is 2.00. The van der Waals surface area contributed by atoms with E-state index in [0.29, 0.717) is 6.04 Å². The van der Waals surface area contributed by atoms with Crippen molar-refractivity contribution in [3.63, 3.8) is 0 Å². The van der Waals surface area contributed by atoms with Crippen LogP contribution in [0.2, 0.25) is 0 Å². The van der Waals surface area contributed by atoms with Crippen LogP contribution in [0, 0.1) is 12.8 Å². The third-order valence-corrected chi connectivity index (χ3v) is 3.41. The number of ether oxygens (including phenoxy) is 1. The van der Waals surface area contributed by atoms with E-state index >= 15 is 0 Å². The SMILES string of the molecule is CNC(CC1CCOCC1)c1ccnc(C)n1. The molecule has 94 valence electrons. The second-order valence-electron chi connectivity index (χ2n) is 4.66. The summed E-state index contributed by atoms with van der Waals surface area (Å²) in [5, 5.41) is 3.36. The Hall–Kier alpha value is -1.00. The minimum absolute atomic E-state index is 0.333. The van der Waals surface area contributed by atoms with Gasteiger partial charge in [-0.1, -0.05) is 0 Å². The Bertz CT molecular complexity index is 350. The van der Waals surface area contributed by atoms with Crippen molar-refractivity contribution < 1.29 is 4.74 Å².